The molecule has 11 heavy (non-hydrogen) atoms. The van der Waals surface area contributed by atoms with Crippen molar-refractivity contribution in [2.45, 2.75) is 20.8 Å². The topological polar surface area (TPSA) is 46.5 Å². The van der Waals surface area contributed by atoms with Gasteiger partial charge in [0.05, 0.1) is 0 Å². The number of aliphatic hydroxyl groups excluding tert-OH is 1. The van der Waals surface area contributed by atoms with Gasteiger partial charge in [0, 0.05) is 0 Å². The van der Waals surface area contributed by atoms with Crippen LogP contribution in [-0.4, -0.2) is 10.9 Å². The maximum atomic E-state index is 11.1. The molecule has 0 saturated carbocycles. The van der Waals surface area contributed by atoms with Crippen LogP contribution in [0.5, 0.6) is 0 Å². The van der Waals surface area contributed by atoms with Crippen molar-refractivity contribution >= 4 is 5.78 Å². The predicted molar refractivity (Wildman–Crippen MR) is 39.8 cm³/mol. The Kier molecular flexibility index (Phi) is 1.72. The van der Waals surface area contributed by atoms with Crippen molar-refractivity contribution in [3.8, 4) is 0 Å². The summed E-state index contributed by atoms with van der Waals surface area (Å²) in [5.41, 5.74) is 0.776. The molecule has 1 aliphatic rings. The summed E-state index contributed by atoms with van der Waals surface area (Å²) in [6.45, 7) is 5.08. The highest BCUT2D eigenvalue weighted by molar-refractivity contribution is 6.07. The van der Waals surface area contributed by atoms with Gasteiger partial charge < -0.3 is 9.84 Å². The molecule has 0 amide bonds. The van der Waals surface area contributed by atoms with Crippen LogP contribution >= 0.6 is 0 Å². The standard InChI is InChI=1S/C8H10O3/c1-4(2)8-7(10)6(9)5(3)11-8/h9H,1-3H3. The van der Waals surface area contributed by atoms with Crippen molar-refractivity contribution in [1.29, 1.82) is 0 Å². The predicted octanol–water partition coefficient (Wildman–Crippen LogP) is 1.67. The molecule has 0 unspecified atom stereocenters. The molecule has 1 N–H and O–H groups in total. The van der Waals surface area contributed by atoms with E-state index in [1.807, 2.05) is 0 Å². The van der Waals surface area contributed by atoms with Gasteiger partial charge in [-0.25, -0.2) is 0 Å². The summed E-state index contributed by atoms with van der Waals surface area (Å²) >= 11 is 0. The minimum Gasteiger partial charge on any atom is -0.502 e. The fraction of sp³-hybridized carbons (Fsp3) is 0.375. The summed E-state index contributed by atoms with van der Waals surface area (Å²) in [4.78, 5) is 11.1. The van der Waals surface area contributed by atoms with Gasteiger partial charge in [-0.15, -0.1) is 0 Å². The fourth-order valence-corrected chi connectivity index (χ4v) is 0.844. The van der Waals surface area contributed by atoms with Crippen LogP contribution in [0.15, 0.2) is 22.9 Å². The minimum absolute atomic E-state index is 0.250. The largest absolute Gasteiger partial charge is 0.502 e. The van der Waals surface area contributed by atoms with E-state index in [4.69, 9.17) is 9.84 Å². The van der Waals surface area contributed by atoms with Crippen LogP contribution < -0.4 is 0 Å². The van der Waals surface area contributed by atoms with E-state index in [9.17, 15) is 4.79 Å². The molecule has 1 aliphatic heterocycles. The number of carbonyl (C=O) groups is 1. The van der Waals surface area contributed by atoms with Crippen molar-refractivity contribution in [1.82, 2.24) is 0 Å². The van der Waals surface area contributed by atoms with Crippen LogP contribution in [0, 0.1) is 0 Å². The third-order valence-electron chi connectivity index (χ3n) is 1.46. The third-order valence-corrected chi connectivity index (χ3v) is 1.46. The molecule has 0 spiro atoms. The Balaban J connectivity index is 3.06. The maximum absolute atomic E-state index is 11.1. The van der Waals surface area contributed by atoms with E-state index < -0.39 is 5.78 Å². The van der Waals surface area contributed by atoms with Crippen LogP contribution in [0.25, 0.3) is 0 Å². The molecule has 0 fully saturated rings. The number of ether oxygens (including phenoxy) is 1. The summed E-state index contributed by atoms with van der Waals surface area (Å²) < 4.78 is 5.01. The highest BCUT2D eigenvalue weighted by Gasteiger charge is 2.28. The van der Waals surface area contributed by atoms with E-state index in [0.29, 0.717) is 0 Å². The van der Waals surface area contributed by atoms with Gasteiger partial charge in [0.25, 0.3) is 5.78 Å². The zero-order valence-electron chi connectivity index (χ0n) is 6.76. The molecule has 0 aromatic heterocycles. The summed E-state index contributed by atoms with van der Waals surface area (Å²) in [6, 6.07) is 0. The maximum Gasteiger partial charge on any atom is 0.265 e. The second-order valence-corrected chi connectivity index (χ2v) is 2.67. The lowest BCUT2D eigenvalue weighted by Gasteiger charge is -1.98. The first-order valence-corrected chi connectivity index (χ1v) is 3.34. The number of Topliss-reactive ketones (excluding diaryl/α,β-unsaturated/α-hetero) is 1. The van der Waals surface area contributed by atoms with Crippen LogP contribution in [0.1, 0.15) is 20.8 Å². The van der Waals surface area contributed by atoms with Crippen LogP contribution in [0.4, 0.5) is 0 Å². The van der Waals surface area contributed by atoms with E-state index in [1.54, 1.807) is 20.8 Å². The zero-order valence-corrected chi connectivity index (χ0v) is 6.76. The highest BCUT2D eigenvalue weighted by Crippen LogP contribution is 2.24. The Morgan fingerprint density at radius 1 is 1.45 bits per heavy atom. The van der Waals surface area contributed by atoms with Gasteiger partial charge in [0.2, 0.25) is 5.76 Å². The van der Waals surface area contributed by atoms with Gasteiger partial charge in [-0.1, -0.05) is 0 Å². The third kappa shape index (κ3) is 1.13. The van der Waals surface area contributed by atoms with Crippen molar-refractivity contribution in [3.63, 3.8) is 0 Å². The number of carbonyl (C=O) groups excluding carboxylic acids is 1. The van der Waals surface area contributed by atoms with Gasteiger partial charge in [0.1, 0.15) is 5.76 Å². The quantitative estimate of drug-likeness (QED) is 0.540. The van der Waals surface area contributed by atoms with Gasteiger partial charge in [-0.3, -0.25) is 4.79 Å². The highest BCUT2D eigenvalue weighted by atomic mass is 16.5. The second-order valence-electron chi connectivity index (χ2n) is 2.67. The first-order chi connectivity index (χ1) is 5.04. The molecule has 0 aromatic carbocycles. The van der Waals surface area contributed by atoms with Crippen LogP contribution in [0.3, 0.4) is 0 Å². The summed E-state index contributed by atoms with van der Waals surface area (Å²) in [5, 5.41) is 9.06. The van der Waals surface area contributed by atoms with E-state index in [1.165, 1.54) is 0 Å². The van der Waals surface area contributed by atoms with Gasteiger partial charge in [-0.05, 0) is 26.3 Å². The molecule has 0 aliphatic carbocycles. The molecule has 0 atom stereocenters. The Morgan fingerprint density at radius 2 is 2.00 bits per heavy atom. The van der Waals surface area contributed by atoms with Gasteiger partial charge in [0.15, 0.2) is 5.76 Å². The van der Waals surface area contributed by atoms with Crippen LogP contribution in [-0.2, 0) is 9.53 Å². The van der Waals surface area contributed by atoms with E-state index >= 15 is 0 Å². The molecule has 0 bridgehead atoms. The van der Waals surface area contributed by atoms with Crippen LogP contribution in [0.2, 0.25) is 0 Å². The number of hydrogen-bond acceptors (Lipinski definition) is 3. The average molecular weight is 154 g/mol. The molecule has 3 nitrogen and oxygen atoms in total. The fourth-order valence-electron chi connectivity index (χ4n) is 0.844. The summed E-state index contributed by atoms with van der Waals surface area (Å²) in [6.07, 6.45) is 0. The first kappa shape index (κ1) is 7.85. The Labute approximate surface area is 65.0 Å². The van der Waals surface area contributed by atoms with E-state index in [0.717, 1.165) is 5.57 Å². The van der Waals surface area contributed by atoms with Crippen molar-refractivity contribution < 1.29 is 14.6 Å². The molecule has 60 valence electrons. The van der Waals surface area contributed by atoms with Gasteiger partial charge >= 0.3 is 0 Å². The van der Waals surface area contributed by atoms with Gasteiger partial charge in [-0.2, -0.15) is 0 Å². The molecule has 1 rings (SSSR count). The first-order valence-electron chi connectivity index (χ1n) is 3.34. The second kappa shape index (κ2) is 2.42. The Hall–Kier alpha value is -1.25. The SMILES string of the molecule is CC(C)=C1OC(C)=C(O)C1=O. The smallest absolute Gasteiger partial charge is 0.265 e. The zero-order chi connectivity index (χ0) is 8.59. The number of ketones is 1. The number of rotatable bonds is 0. The van der Waals surface area contributed by atoms with Crippen molar-refractivity contribution in [2.75, 3.05) is 0 Å². The lowest BCUT2D eigenvalue weighted by molar-refractivity contribution is -0.115. The Bertz CT molecular complexity index is 267. The number of hydrogen-bond donors (Lipinski definition) is 1. The monoisotopic (exact) mass is 154 g/mol. The van der Waals surface area contributed by atoms with Crippen molar-refractivity contribution in [2.24, 2.45) is 0 Å². The average Bonchev–Trinajstić information content (AvgIpc) is 2.17. The lowest BCUT2D eigenvalue weighted by atomic mass is 10.2. The molecule has 1 heterocycles. The molecule has 0 radical (unpaired) electrons. The summed E-state index contributed by atoms with van der Waals surface area (Å²) in [5.74, 6) is -0.157. The number of aliphatic hydroxyl groups is 1. The van der Waals surface area contributed by atoms with E-state index in [-0.39, 0.29) is 17.3 Å². The molecular weight excluding hydrogens is 144 g/mol. The van der Waals surface area contributed by atoms with E-state index in [2.05, 4.69) is 0 Å². The number of allylic oxidation sites excluding steroid dienone is 2. The lowest BCUT2D eigenvalue weighted by Crippen LogP contribution is -2.00. The normalized spacial score (nSPS) is 17.4. The Morgan fingerprint density at radius 3 is 2.18 bits per heavy atom. The molecule has 3 heteroatoms. The molecular formula is C8H10O3. The minimum atomic E-state index is -0.414. The summed E-state index contributed by atoms with van der Waals surface area (Å²) in [7, 11) is 0. The van der Waals surface area contributed by atoms with Crippen molar-refractivity contribution in [3.05, 3.63) is 22.9 Å². The molecule has 0 aromatic rings. The molecule has 0 saturated heterocycles.